The third-order valence-corrected chi connectivity index (χ3v) is 3.45. The van der Waals surface area contributed by atoms with Crippen molar-refractivity contribution >= 4 is 17.4 Å². The van der Waals surface area contributed by atoms with E-state index in [4.69, 9.17) is 5.73 Å². The second-order valence-corrected chi connectivity index (χ2v) is 4.49. The quantitative estimate of drug-likeness (QED) is 0.588. The van der Waals surface area contributed by atoms with Crippen molar-refractivity contribution in [3.63, 3.8) is 0 Å². The van der Waals surface area contributed by atoms with E-state index < -0.39 is 0 Å². The van der Waals surface area contributed by atoms with Gasteiger partial charge in [-0.3, -0.25) is 0 Å². The molecule has 2 N–H and O–H groups in total. The number of nitrogens with two attached hydrogens (primary N) is 1. The summed E-state index contributed by atoms with van der Waals surface area (Å²) in [7, 11) is 0. The minimum Gasteiger partial charge on any atom is -0.399 e. The largest absolute Gasteiger partial charge is 0.399 e. The molecule has 0 amide bonds. The van der Waals surface area contributed by atoms with E-state index in [0.29, 0.717) is 0 Å². The van der Waals surface area contributed by atoms with Crippen LogP contribution in [0.1, 0.15) is 20.3 Å². The van der Waals surface area contributed by atoms with Crippen molar-refractivity contribution in [2.75, 3.05) is 11.5 Å². The van der Waals surface area contributed by atoms with Crippen LogP contribution in [0, 0.1) is 5.92 Å². The lowest BCUT2D eigenvalue weighted by atomic mass is 10.2. The van der Waals surface area contributed by atoms with Gasteiger partial charge < -0.3 is 5.73 Å². The highest BCUT2D eigenvalue weighted by Crippen LogP contribution is 2.22. The second kappa shape index (κ2) is 5.18. The van der Waals surface area contributed by atoms with E-state index in [2.05, 4.69) is 26.0 Å². The first-order chi connectivity index (χ1) is 6.22. The molecular weight excluding hydrogens is 178 g/mol. The molecule has 0 bridgehead atoms. The van der Waals surface area contributed by atoms with Crippen molar-refractivity contribution in [3.05, 3.63) is 24.3 Å². The highest BCUT2D eigenvalue weighted by Gasteiger charge is 1.99. The van der Waals surface area contributed by atoms with Crippen molar-refractivity contribution in [2.45, 2.75) is 25.2 Å². The van der Waals surface area contributed by atoms with Crippen LogP contribution in [0.15, 0.2) is 29.2 Å². The molecule has 0 aromatic heterocycles. The van der Waals surface area contributed by atoms with Gasteiger partial charge in [0.1, 0.15) is 0 Å². The molecule has 1 atom stereocenters. The van der Waals surface area contributed by atoms with Gasteiger partial charge in [-0.05, 0) is 30.2 Å². The minimum atomic E-state index is 0.794. The third-order valence-electron chi connectivity index (χ3n) is 2.11. The summed E-state index contributed by atoms with van der Waals surface area (Å²) in [4.78, 5) is 1.31. The smallest absolute Gasteiger partial charge is 0.0314 e. The molecule has 1 aromatic carbocycles. The SMILES string of the molecule is CCC(C)CSc1ccc(N)cc1. The maximum Gasteiger partial charge on any atom is 0.0314 e. The van der Waals surface area contributed by atoms with Crippen molar-refractivity contribution < 1.29 is 0 Å². The Morgan fingerprint density at radius 2 is 1.92 bits per heavy atom. The monoisotopic (exact) mass is 195 g/mol. The van der Waals surface area contributed by atoms with Crippen LogP contribution in [0.25, 0.3) is 0 Å². The molecule has 0 spiro atoms. The zero-order chi connectivity index (χ0) is 9.68. The number of rotatable bonds is 4. The molecule has 0 heterocycles. The zero-order valence-electron chi connectivity index (χ0n) is 8.29. The number of nitrogen functional groups attached to an aromatic ring is 1. The van der Waals surface area contributed by atoms with E-state index in [1.54, 1.807) is 0 Å². The summed E-state index contributed by atoms with van der Waals surface area (Å²) in [6.07, 6.45) is 1.25. The van der Waals surface area contributed by atoms with Crippen LogP contribution in [0.2, 0.25) is 0 Å². The topological polar surface area (TPSA) is 26.0 Å². The highest BCUT2D eigenvalue weighted by molar-refractivity contribution is 7.99. The number of thioether (sulfide) groups is 1. The average Bonchev–Trinajstić information content (AvgIpc) is 2.16. The van der Waals surface area contributed by atoms with Crippen LogP contribution >= 0.6 is 11.8 Å². The van der Waals surface area contributed by atoms with Gasteiger partial charge in [-0.25, -0.2) is 0 Å². The van der Waals surface area contributed by atoms with Gasteiger partial charge in [0.05, 0.1) is 0 Å². The first-order valence-corrected chi connectivity index (χ1v) is 5.69. The van der Waals surface area contributed by atoms with Crippen LogP contribution in [-0.4, -0.2) is 5.75 Å². The molecule has 2 heteroatoms. The Labute approximate surface area is 84.7 Å². The Hall–Kier alpha value is -0.630. The molecule has 0 fully saturated rings. The lowest BCUT2D eigenvalue weighted by Crippen LogP contribution is -1.94. The predicted octanol–water partition coefficient (Wildman–Crippen LogP) is 3.41. The van der Waals surface area contributed by atoms with E-state index in [0.717, 1.165) is 11.6 Å². The van der Waals surface area contributed by atoms with Crippen LogP contribution in [0.5, 0.6) is 0 Å². The van der Waals surface area contributed by atoms with Crippen LogP contribution in [-0.2, 0) is 0 Å². The van der Waals surface area contributed by atoms with E-state index in [1.165, 1.54) is 17.1 Å². The Kier molecular flexibility index (Phi) is 4.16. The number of anilines is 1. The fraction of sp³-hybridized carbons (Fsp3) is 0.455. The van der Waals surface area contributed by atoms with Gasteiger partial charge in [0, 0.05) is 16.3 Å². The maximum atomic E-state index is 5.60. The molecule has 13 heavy (non-hydrogen) atoms. The lowest BCUT2D eigenvalue weighted by Gasteiger charge is -2.07. The molecule has 1 rings (SSSR count). The minimum absolute atomic E-state index is 0.794. The van der Waals surface area contributed by atoms with E-state index >= 15 is 0 Å². The Morgan fingerprint density at radius 3 is 2.46 bits per heavy atom. The van der Waals surface area contributed by atoms with Crippen LogP contribution in [0.3, 0.4) is 0 Å². The molecule has 1 nitrogen and oxygen atoms in total. The number of hydrogen-bond donors (Lipinski definition) is 1. The van der Waals surface area contributed by atoms with Crippen LogP contribution < -0.4 is 5.73 Å². The fourth-order valence-electron chi connectivity index (χ4n) is 0.920. The molecule has 0 aliphatic rings. The molecule has 0 radical (unpaired) electrons. The predicted molar refractivity (Wildman–Crippen MR) is 61.0 cm³/mol. The van der Waals surface area contributed by atoms with Crippen molar-refractivity contribution in [1.82, 2.24) is 0 Å². The first kappa shape index (κ1) is 10.5. The van der Waals surface area contributed by atoms with Gasteiger partial charge in [-0.2, -0.15) is 0 Å². The van der Waals surface area contributed by atoms with Crippen molar-refractivity contribution in [3.8, 4) is 0 Å². The summed E-state index contributed by atoms with van der Waals surface area (Å²) in [5, 5.41) is 0. The van der Waals surface area contributed by atoms with Gasteiger partial charge >= 0.3 is 0 Å². The summed E-state index contributed by atoms with van der Waals surface area (Å²) < 4.78 is 0. The highest BCUT2D eigenvalue weighted by atomic mass is 32.2. The Morgan fingerprint density at radius 1 is 1.31 bits per heavy atom. The summed E-state index contributed by atoms with van der Waals surface area (Å²) in [5.41, 5.74) is 6.44. The molecule has 0 saturated heterocycles. The van der Waals surface area contributed by atoms with E-state index in [1.807, 2.05) is 23.9 Å². The first-order valence-electron chi connectivity index (χ1n) is 4.70. The van der Waals surface area contributed by atoms with Crippen LogP contribution in [0.4, 0.5) is 5.69 Å². The van der Waals surface area contributed by atoms with Crippen molar-refractivity contribution in [2.24, 2.45) is 5.92 Å². The van der Waals surface area contributed by atoms with E-state index in [-0.39, 0.29) is 0 Å². The molecular formula is C11H17NS. The molecule has 0 aliphatic heterocycles. The maximum absolute atomic E-state index is 5.60. The Balaban J connectivity index is 2.41. The molecule has 1 unspecified atom stereocenters. The van der Waals surface area contributed by atoms with Gasteiger partial charge in [-0.15, -0.1) is 11.8 Å². The number of hydrogen-bond acceptors (Lipinski definition) is 2. The Bertz CT molecular complexity index is 243. The molecule has 1 aromatic rings. The van der Waals surface area contributed by atoms with Gasteiger partial charge in [0.15, 0.2) is 0 Å². The van der Waals surface area contributed by atoms with Crippen molar-refractivity contribution in [1.29, 1.82) is 0 Å². The molecule has 0 aliphatic carbocycles. The average molecular weight is 195 g/mol. The van der Waals surface area contributed by atoms with Gasteiger partial charge in [0.2, 0.25) is 0 Å². The van der Waals surface area contributed by atoms with E-state index in [9.17, 15) is 0 Å². The normalized spacial score (nSPS) is 12.8. The summed E-state index contributed by atoms with van der Waals surface area (Å²) >= 11 is 1.91. The standard InChI is InChI=1S/C11H17NS/c1-3-9(2)8-13-11-6-4-10(12)5-7-11/h4-7,9H,3,8,12H2,1-2H3. The lowest BCUT2D eigenvalue weighted by molar-refractivity contribution is 0.637. The summed E-state index contributed by atoms with van der Waals surface area (Å²) in [6.45, 7) is 4.51. The second-order valence-electron chi connectivity index (χ2n) is 3.39. The molecule has 0 saturated carbocycles. The summed E-state index contributed by atoms with van der Waals surface area (Å²) in [5.74, 6) is 1.99. The third kappa shape index (κ3) is 3.73. The number of benzene rings is 1. The summed E-state index contributed by atoms with van der Waals surface area (Å²) in [6, 6.07) is 8.09. The van der Waals surface area contributed by atoms with Gasteiger partial charge in [0.25, 0.3) is 0 Å². The zero-order valence-corrected chi connectivity index (χ0v) is 9.10. The van der Waals surface area contributed by atoms with Gasteiger partial charge in [-0.1, -0.05) is 20.3 Å². The fourth-order valence-corrected chi connectivity index (χ4v) is 1.96. The molecule has 72 valence electrons.